The summed E-state index contributed by atoms with van der Waals surface area (Å²) in [6.07, 6.45) is 4.25. The summed E-state index contributed by atoms with van der Waals surface area (Å²) < 4.78 is 0. The van der Waals surface area contributed by atoms with Gasteiger partial charge in [-0.2, -0.15) is 0 Å². The van der Waals surface area contributed by atoms with Crippen LogP contribution in [0.15, 0.2) is 0 Å². The van der Waals surface area contributed by atoms with E-state index in [4.69, 9.17) is 5.84 Å². The van der Waals surface area contributed by atoms with E-state index in [-0.39, 0.29) is 5.91 Å². The molecule has 4 heteroatoms. The molecule has 1 aliphatic rings. The smallest absolute Gasteiger partial charge is 0.235 e. The summed E-state index contributed by atoms with van der Waals surface area (Å²) >= 11 is 0. The molecule has 1 atom stereocenters. The number of rotatable bonds is 4. The maximum absolute atomic E-state index is 10.9. The minimum Gasteiger partial charge on any atom is -0.300 e. The monoisotopic (exact) mass is 185 g/mol. The summed E-state index contributed by atoms with van der Waals surface area (Å²) in [5.74, 6) is 4.94. The minimum atomic E-state index is -0.0678. The molecule has 0 aliphatic carbocycles. The zero-order chi connectivity index (χ0) is 9.68. The van der Waals surface area contributed by atoms with Gasteiger partial charge < -0.3 is 0 Å². The largest absolute Gasteiger partial charge is 0.300 e. The van der Waals surface area contributed by atoms with Crippen LogP contribution in [0.2, 0.25) is 0 Å². The highest BCUT2D eigenvalue weighted by Crippen LogP contribution is 2.19. The number of nitrogens with one attached hydrogen (secondary N) is 1. The lowest BCUT2D eigenvalue weighted by Gasteiger charge is -2.22. The first-order chi connectivity index (χ1) is 6.27. The van der Waals surface area contributed by atoms with E-state index in [0.29, 0.717) is 12.5 Å². The highest BCUT2D eigenvalue weighted by atomic mass is 16.2. The Bertz CT molecular complexity index is 172. The Hall–Kier alpha value is -0.610. The first-order valence-electron chi connectivity index (χ1n) is 5.01. The van der Waals surface area contributed by atoms with E-state index >= 15 is 0 Å². The molecule has 1 unspecified atom stereocenters. The van der Waals surface area contributed by atoms with Crippen molar-refractivity contribution in [3.63, 3.8) is 0 Å². The van der Waals surface area contributed by atoms with Crippen LogP contribution in [-0.2, 0) is 4.79 Å². The number of carbonyl (C=O) groups is 1. The molecule has 1 rings (SSSR count). The molecule has 0 spiro atoms. The fraction of sp³-hybridized carbons (Fsp3) is 0.889. The number of carbonyl (C=O) groups excluding carboxylic acids is 1. The molecule has 1 heterocycles. The first-order valence-corrected chi connectivity index (χ1v) is 5.01. The standard InChI is InChI=1S/C9H19N3O/c1-2-8-4-3-6-12(8)7-5-9(13)11-10/h8H,2-7,10H2,1H3,(H,11,13). The van der Waals surface area contributed by atoms with E-state index < -0.39 is 0 Å². The predicted molar refractivity (Wildman–Crippen MR) is 51.8 cm³/mol. The van der Waals surface area contributed by atoms with Crippen molar-refractivity contribution in [3.8, 4) is 0 Å². The van der Waals surface area contributed by atoms with Crippen LogP contribution in [-0.4, -0.2) is 29.9 Å². The Labute approximate surface area is 79.4 Å². The second kappa shape index (κ2) is 5.19. The van der Waals surface area contributed by atoms with Crippen LogP contribution in [0.4, 0.5) is 0 Å². The Morgan fingerprint density at radius 1 is 1.69 bits per heavy atom. The van der Waals surface area contributed by atoms with Gasteiger partial charge in [0.05, 0.1) is 0 Å². The van der Waals surface area contributed by atoms with Gasteiger partial charge in [-0.1, -0.05) is 6.92 Å². The van der Waals surface area contributed by atoms with E-state index in [2.05, 4.69) is 17.2 Å². The average molecular weight is 185 g/mol. The van der Waals surface area contributed by atoms with Crippen LogP contribution >= 0.6 is 0 Å². The van der Waals surface area contributed by atoms with Gasteiger partial charge >= 0.3 is 0 Å². The molecule has 0 radical (unpaired) electrons. The van der Waals surface area contributed by atoms with E-state index in [9.17, 15) is 4.79 Å². The van der Waals surface area contributed by atoms with E-state index in [1.807, 2.05) is 0 Å². The lowest BCUT2D eigenvalue weighted by molar-refractivity contribution is -0.121. The van der Waals surface area contributed by atoms with Crippen LogP contribution in [0, 0.1) is 0 Å². The molecule has 13 heavy (non-hydrogen) atoms. The van der Waals surface area contributed by atoms with Crippen molar-refractivity contribution >= 4 is 5.91 Å². The molecule has 0 saturated carbocycles. The number of hydrogen-bond acceptors (Lipinski definition) is 3. The number of nitrogens with zero attached hydrogens (tertiary/aromatic N) is 1. The van der Waals surface area contributed by atoms with Crippen molar-refractivity contribution in [2.45, 2.75) is 38.6 Å². The van der Waals surface area contributed by atoms with Gasteiger partial charge in [0.25, 0.3) is 0 Å². The molecule has 0 bridgehead atoms. The minimum absolute atomic E-state index is 0.0678. The molecule has 1 saturated heterocycles. The quantitative estimate of drug-likeness (QED) is 0.375. The van der Waals surface area contributed by atoms with Crippen molar-refractivity contribution in [3.05, 3.63) is 0 Å². The molecule has 0 aromatic carbocycles. The lowest BCUT2D eigenvalue weighted by atomic mass is 10.2. The highest BCUT2D eigenvalue weighted by molar-refractivity contribution is 5.75. The van der Waals surface area contributed by atoms with Crippen molar-refractivity contribution in [1.29, 1.82) is 0 Å². The average Bonchev–Trinajstić information content (AvgIpc) is 2.61. The van der Waals surface area contributed by atoms with Crippen LogP contribution in [0.1, 0.15) is 32.6 Å². The normalized spacial score (nSPS) is 23.4. The van der Waals surface area contributed by atoms with Crippen molar-refractivity contribution in [2.24, 2.45) is 5.84 Å². The first kappa shape index (κ1) is 10.5. The van der Waals surface area contributed by atoms with Gasteiger partial charge in [-0.3, -0.25) is 15.1 Å². The number of amides is 1. The summed E-state index contributed by atoms with van der Waals surface area (Å²) in [7, 11) is 0. The summed E-state index contributed by atoms with van der Waals surface area (Å²) in [4.78, 5) is 13.3. The molecule has 3 N–H and O–H groups in total. The molecule has 1 amide bonds. The Balaban J connectivity index is 2.23. The molecule has 4 nitrogen and oxygen atoms in total. The number of nitrogens with two attached hydrogens (primary N) is 1. The topological polar surface area (TPSA) is 58.4 Å². The predicted octanol–water partition coefficient (Wildman–Crippen LogP) is 0.241. The van der Waals surface area contributed by atoms with Crippen LogP contribution < -0.4 is 11.3 Å². The Morgan fingerprint density at radius 2 is 2.46 bits per heavy atom. The third-order valence-corrected chi connectivity index (χ3v) is 2.76. The van der Waals surface area contributed by atoms with Gasteiger partial charge in [-0.15, -0.1) is 0 Å². The molecular weight excluding hydrogens is 166 g/mol. The van der Waals surface area contributed by atoms with Gasteiger partial charge in [-0.25, -0.2) is 5.84 Å². The third kappa shape index (κ3) is 2.97. The highest BCUT2D eigenvalue weighted by Gasteiger charge is 2.22. The number of hydrazine groups is 1. The van der Waals surface area contributed by atoms with E-state index in [1.165, 1.54) is 19.3 Å². The Kier molecular flexibility index (Phi) is 4.18. The molecule has 0 aromatic heterocycles. The fourth-order valence-corrected chi connectivity index (χ4v) is 1.97. The van der Waals surface area contributed by atoms with E-state index in [1.54, 1.807) is 0 Å². The maximum Gasteiger partial charge on any atom is 0.235 e. The fourth-order valence-electron chi connectivity index (χ4n) is 1.97. The van der Waals surface area contributed by atoms with Crippen molar-refractivity contribution < 1.29 is 4.79 Å². The molecule has 1 aliphatic heterocycles. The third-order valence-electron chi connectivity index (χ3n) is 2.76. The van der Waals surface area contributed by atoms with Gasteiger partial charge in [0.2, 0.25) is 5.91 Å². The Morgan fingerprint density at radius 3 is 3.08 bits per heavy atom. The van der Waals surface area contributed by atoms with Gasteiger partial charge in [0.1, 0.15) is 0 Å². The van der Waals surface area contributed by atoms with Crippen LogP contribution in [0.5, 0.6) is 0 Å². The van der Waals surface area contributed by atoms with E-state index in [0.717, 1.165) is 13.1 Å². The van der Waals surface area contributed by atoms with Crippen LogP contribution in [0.3, 0.4) is 0 Å². The molecule has 0 aromatic rings. The molecule has 1 fully saturated rings. The zero-order valence-corrected chi connectivity index (χ0v) is 8.25. The van der Waals surface area contributed by atoms with Crippen molar-refractivity contribution in [1.82, 2.24) is 10.3 Å². The van der Waals surface area contributed by atoms with Crippen molar-refractivity contribution in [2.75, 3.05) is 13.1 Å². The summed E-state index contributed by atoms with van der Waals surface area (Å²) in [5, 5.41) is 0. The summed E-state index contributed by atoms with van der Waals surface area (Å²) in [6.45, 7) is 4.18. The summed E-state index contributed by atoms with van der Waals surface area (Å²) in [5.41, 5.74) is 2.16. The maximum atomic E-state index is 10.9. The molecular formula is C9H19N3O. The van der Waals surface area contributed by atoms with Gasteiger partial charge in [0, 0.05) is 19.0 Å². The van der Waals surface area contributed by atoms with Crippen LogP contribution in [0.25, 0.3) is 0 Å². The zero-order valence-electron chi connectivity index (χ0n) is 8.25. The SMILES string of the molecule is CCC1CCCN1CCC(=O)NN. The number of hydrogen-bond donors (Lipinski definition) is 2. The number of likely N-dealkylation sites (tertiary alicyclic amines) is 1. The molecule has 76 valence electrons. The summed E-state index contributed by atoms with van der Waals surface area (Å²) in [6, 6.07) is 0.686. The second-order valence-corrected chi connectivity index (χ2v) is 3.56. The second-order valence-electron chi connectivity index (χ2n) is 3.56. The van der Waals surface area contributed by atoms with Gasteiger partial charge in [0.15, 0.2) is 0 Å². The lowest BCUT2D eigenvalue weighted by Crippen LogP contribution is -2.36. The van der Waals surface area contributed by atoms with Gasteiger partial charge in [-0.05, 0) is 25.8 Å².